The molecule has 3 rings (SSSR count). The number of aliphatic hydroxyl groups is 1. The van der Waals surface area contributed by atoms with Crippen LogP contribution in [0, 0.1) is 5.82 Å². The third-order valence-electron chi connectivity index (χ3n) is 3.29. The van der Waals surface area contributed by atoms with Gasteiger partial charge in [0.05, 0.1) is 9.89 Å². The second kappa shape index (κ2) is 5.64. The minimum Gasteiger partial charge on any atom is -0.388 e. The van der Waals surface area contributed by atoms with Gasteiger partial charge in [-0.2, -0.15) is 0 Å². The predicted molar refractivity (Wildman–Crippen MR) is 84.6 cm³/mol. The minimum absolute atomic E-state index is 0.254. The van der Waals surface area contributed by atoms with Gasteiger partial charge in [0, 0.05) is 16.7 Å². The van der Waals surface area contributed by atoms with Gasteiger partial charge < -0.3 is 5.11 Å². The molecule has 4 heteroatoms. The summed E-state index contributed by atoms with van der Waals surface area (Å²) in [7, 11) is 0. The monoisotopic (exact) mass is 350 g/mol. The Morgan fingerprint density at radius 1 is 1.05 bits per heavy atom. The Kier molecular flexibility index (Phi) is 3.87. The first-order valence-electron chi connectivity index (χ1n) is 6.24. The van der Waals surface area contributed by atoms with Crippen molar-refractivity contribution >= 4 is 38.0 Å². The number of thiophene rings is 1. The molecular weight excluding hydrogens is 339 g/mol. The molecule has 0 bridgehead atoms. The third-order valence-corrected chi connectivity index (χ3v) is 4.93. The smallest absolute Gasteiger partial charge is 0.131 e. The van der Waals surface area contributed by atoms with E-state index in [1.807, 2.05) is 24.3 Å². The van der Waals surface area contributed by atoms with E-state index < -0.39 is 6.10 Å². The van der Waals surface area contributed by atoms with Crippen molar-refractivity contribution in [3.8, 4) is 0 Å². The first-order chi connectivity index (χ1) is 9.65. The Balaban J connectivity index is 1.99. The standard InChI is InChI=1S/C16H12BrFOS/c17-16-8-5-10(20-16)9-15(19)13-6-7-14(18)12-4-2-1-3-11(12)13/h1-8,15,19H,9H2. The van der Waals surface area contributed by atoms with E-state index in [1.165, 1.54) is 6.07 Å². The first kappa shape index (κ1) is 13.7. The molecule has 0 saturated heterocycles. The van der Waals surface area contributed by atoms with Crippen LogP contribution in [0.1, 0.15) is 16.5 Å². The largest absolute Gasteiger partial charge is 0.388 e. The van der Waals surface area contributed by atoms with E-state index in [1.54, 1.807) is 29.5 Å². The van der Waals surface area contributed by atoms with Gasteiger partial charge >= 0.3 is 0 Å². The highest BCUT2D eigenvalue weighted by Gasteiger charge is 2.14. The fraction of sp³-hybridized carbons (Fsp3) is 0.125. The molecule has 3 aromatic rings. The highest BCUT2D eigenvalue weighted by molar-refractivity contribution is 9.11. The van der Waals surface area contributed by atoms with Crippen molar-refractivity contribution in [2.75, 3.05) is 0 Å². The Morgan fingerprint density at radius 3 is 2.50 bits per heavy atom. The highest BCUT2D eigenvalue weighted by atomic mass is 79.9. The van der Waals surface area contributed by atoms with Crippen LogP contribution in [-0.4, -0.2) is 5.11 Å². The van der Waals surface area contributed by atoms with Crippen LogP contribution in [0.15, 0.2) is 52.3 Å². The molecule has 1 aromatic heterocycles. The molecule has 2 aromatic carbocycles. The van der Waals surface area contributed by atoms with Crippen LogP contribution in [0.5, 0.6) is 0 Å². The summed E-state index contributed by atoms with van der Waals surface area (Å²) in [6.07, 6.45) is -0.0997. The van der Waals surface area contributed by atoms with E-state index in [4.69, 9.17) is 0 Å². The Hall–Kier alpha value is -1.23. The summed E-state index contributed by atoms with van der Waals surface area (Å²) in [6, 6.07) is 14.3. The molecule has 1 nitrogen and oxygen atoms in total. The van der Waals surface area contributed by atoms with Crippen molar-refractivity contribution in [1.82, 2.24) is 0 Å². The average Bonchev–Trinajstić information content (AvgIpc) is 2.84. The highest BCUT2D eigenvalue weighted by Crippen LogP contribution is 2.31. The van der Waals surface area contributed by atoms with Crippen molar-refractivity contribution in [2.24, 2.45) is 0 Å². The summed E-state index contributed by atoms with van der Waals surface area (Å²) in [6.45, 7) is 0. The van der Waals surface area contributed by atoms with Gasteiger partial charge in [0.1, 0.15) is 5.82 Å². The van der Waals surface area contributed by atoms with Crippen LogP contribution < -0.4 is 0 Å². The lowest BCUT2D eigenvalue weighted by Gasteiger charge is -2.13. The van der Waals surface area contributed by atoms with Gasteiger partial charge in [-0.15, -0.1) is 11.3 Å². The third kappa shape index (κ3) is 2.64. The summed E-state index contributed by atoms with van der Waals surface area (Å²) in [5.74, 6) is -0.254. The summed E-state index contributed by atoms with van der Waals surface area (Å²) in [4.78, 5) is 1.10. The van der Waals surface area contributed by atoms with E-state index in [9.17, 15) is 9.50 Å². The number of hydrogen-bond donors (Lipinski definition) is 1. The fourth-order valence-corrected chi connectivity index (χ4v) is 3.86. The molecule has 1 heterocycles. The van der Waals surface area contributed by atoms with E-state index >= 15 is 0 Å². The van der Waals surface area contributed by atoms with Crippen molar-refractivity contribution in [2.45, 2.75) is 12.5 Å². The second-order valence-electron chi connectivity index (χ2n) is 4.61. The molecule has 0 fully saturated rings. The number of benzene rings is 2. The Bertz CT molecular complexity index is 753. The molecule has 0 aliphatic carbocycles. The number of hydrogen-bond acceptors (Lipinski definition) is 2. The van der Waals surface area contributed by atoms with Gasteiger partial charge in [-0.3, -0.25) is 0 Å². The van der Waals surface area contributed by atoms with Gasteiger partial charge in [0.25, 0.3) is 0 Å². The second-order valence-corrected chi connectivity index (χ2v) is 7.16. The first-order valence-corrected chi connectivity index (χ1v) is 7.85. The number of rotatable bonds is 3. The molecule has 0 spiro atoms. The fourth-order valence-electron chi connectivity index (χ4n) is 2.34. The van der Waals surface area contributed by atoms with Gasteiger partial charge in [-0.05, 0) is 45.1 Å². The van der Waals surface area contributed by atoms with Crippen LogP contribution in [0.2, 0.25) is 0 Å². The zero-order valence-electron chi connectivity index (χ0n) is 10.5. The summed E-state index contributed by atoms with van der Waals surface area (Å²) in [5.41, 5.74) is 0.770. The number of aliphatic hydroxyl groups excluding tert-OH is 1. The Labute approximate surface area is 128 Å². The molecule has 0 aliphatic heterocycles. The van der Waals surface area contributed by atoms with Gasteiger partial charge in [0.2, 0.25) is 0 Å². The quantitative estimate of drug-likeness (QED) is 0.698. The van der Waals surface area contributed by atoms with Crippen LogP contribution in [0.25, 0.3) is 10.8 Å². The molecule has 1 atom stereocenters. The lowest BCUT2D eigenvalue weighted by atomic mass is 9.98. The molecule has 0 saturated carbocycles. The lowest BCUT2D eigenvalue weighted by molar-refractivity contribution is 0.181. The summed E-state index contributed by atoms with van der Waals surface area (Å²) < 4.78 is 14.8. The normalized spacial score (nSPS) is 12.8. The van der Waals surface area contributed by atoms with Crippen LogP contribution >= 0.6 is 27.3 Å². The molecule has 1 N–H and O–H groups in total. The van der Waals surface area contributed by atoms with Gasteiger partial charge in [0.15, 0.2) is 0 Å². The molecule has 20 heavy (non-hydrogen) atoms. The topological polar surface area (TPSA) is 20.2 Å². The van der Waals surface area contributed by atoms with Crippen LogP contribution in [0.3, 0.4) is 0 Å². The van der Waals surface area contributed by atoms with Crippen molar-refractivity contribution in [1.29, 1.82) is 0 Å². The van der Waals surface area contributed by atoms with Gasteiger partial charge in [-0.25, -0.2) is 4.39 Å². The van der Waals surface area contributed by atoms with Crippen molar-refractivity contribution < 1.29 is 9.50 Å². The van der Waals surface area contributed by atoms with E-state index in [0.29, 0.717) is 11.8 Å². The molecule has 102 valence electrons. The van der Waals surface area contributed by atoms with Crippen LogP contribution in [0.4, 0.5) is 4.39 Å². The van der Waals surface area contributed by atoms with E-state index in [-0.39, 0.29) is 5.82 Å². The van der Waals surface area contributed by atoms with Crippen LogP contribution in [-0.2, 0) is 6.42 Å². The van der Waals surface area contributed by atoms with E-state index in [0.717, 1.165) is 19.6 Å². The predicted octanol–water partition coefficient (Wildman–Crippen LogP) is 5.08. The maximum Gasteiger partial charge on any atom is 0.131 e. The summed E-state index contributed by atoms with van der Waals surface area (Å²) >= 11 is 5.02. The molecule has 1 unspecified atom stereocenters. The maximum absolute atomic E-state index is 13.8. The van der Waals surface area contributed by atoms with Gasteiger partial charge in [-0.1, -0.05) is 30.3 Å². The molecule has 0 aliphatic rings. The summed E-state index contributed by atoms with van der Waals surface area (Å²) in [5, 5.41) is 11.8. The average molecular weight is 351 g/mol. The lowest BCUT2D eigenvalue weighted by Crippen LogP contribution is -2.02. The number of halogens is 2. The van der Waals surface area contributed by atoms with Crippen molar-refractivity contribution in [3.05, 3.63) is 68.6 Å². The number of fused-ring (bicyclic) bond motifs is 1. The zero-order chi connectivity index (χ0) is 14.1. The molecular formula is C16H12BrFOS. The zero-order valence-corrected chi connectivity index (χ0v) is 12.9. The SMILES string of the molecule is OC(Cc1ccc(Br)s1)c1ccc(F)c2ccccc12. The minimum atomic E-state index is -0.633. The van der Waals surface area contributed by atoms with Crippen molar-refractivity contribution in [3.63, 3.8) is 0 Å². The maximum atomic E-state index is 13.8. The molecule has 0 radical (unpaired) electrons. The van der Waals surface area contributed by atoms with E-state index in [2.05, 4.69) is 15.9 Å². The Morgan fingerprint density at radius 2 is 1.80 bits per heavy atom. The molecule has 0 amide bonds.